The van der Waals surface area contributed by atoms with Gasteiger partial charge in [-0.3, -0.25) is 9.78 Å². The Kier molecular flexibility index (Phi) is 3.53. The van der Waals surface area contributed by atoms with E-state index in [-0.39, 0.29) is 5.91 Å². The number of anilines is 1. The van der Waals surface area contributed by atoms with Crippen molar-refractivity contribution in [3.63, 3.8) is 0 Å². The van der Waals surface area contributed by atoms with Crippen LogP contribution >= 0.6 is 0 Å². The van der Waals surface area contributed by atoms with E-state index in [9.17, 15) is 4.79 Å². The maximum absolute atomic E-state index is 11.7. The molecule has 92 valence electrons. The molecule has 1 aliphatic heterocycles. The molecule has 0 aliphatic carbocycles. The van der Waals surface area contributed by atoms with Crippen LogP contribution < -0.4 is 10.6 Å². The maximum atomic E-state index is 11.7. The second-order valence-electron chi connectivity index (χ2n) is 4.16. The van der Waals surface area contributed by atoms with Crippen LogP contribution in [-0.4, -0.2) is 47.5 Å². The van der Waals surface area contributed by atoms with Crippen LogP contribution in [0.15, 0.2) is 12.4 Å². The minimum absolute atomic E-state index is 0.118. The zero-order valence-electron chi connectivity index (χ0n) is 9.96. The molecular weight excluding hydrogens is 218 g/mol. The number of carbonyl (C=O) groups is 1. The third-order valence-corrected chi connectivity index (χ3v) is 2.90. The second-order valence-corrected chi connectivity index (χ2v) is 4.16. The van der Waals surface area contributed by atoms with Gasteiger partial charge in [0.15, 0.2) is 0 Å². The van der Waals surface area contributed by atoms with E-state index < -0.39 is 0 Å². The minimum atomic E-state index is 0.118. The van der Waals surface area contributed by atoms with Crippen LogP contribution in [0.25, 0.3) is 0 Å². The molecule has 0 saturated carbocycles. The molecule has 6 nitrogen and oxygen atoms in total. The third kappa shape index (κ3) is 2.71. The molecule has 0 aromatic carbocycles. The summed E-state index contributed by atoms with van der Waals surface area (Å²) >= 11 is 0. The molecule has 1 aromatic rings. The van der Waals surface area contributed by atoms with Crippen LogP contribution in [0.4, 0.5) is 5.82 Å². The lowest BCUT2D eigenvalue weighted by atomic mass is 10.4. The second kappa shape index (κ2) is 5.09. The first-order valence-corrected chi connectivity index (χ1v) is 5.70. The predicted molar refractivity (Wildman–Crippen MR) is 64.4 cm³/mol. The van der Waals surface area contributed by atoms with E-state index in [2.05, 4.69) is 9.97 Å². The normalized spacial score (nSPS) is 17.2. The van der Waals surface area contributed by atoms with Gasteiger partial charge < -0.3 is 15.5 Å². The average Bonchev–Trinajstić information content (AvgIpc) is 2.52. The quantitative estimate of drug-likeness (QED) is 0.755. The Hall–Kier alpha value is -1.69. The first-order chi connectivity index (χ1) is 8.20. The van der Waals surface area contributed by atoms with E-state index in [0.717, 1.165) is 31.0 Å². The predicted octanol–water partition coefficient (Wildman–Crippen LogP) is -0.396. The number of likely N-dealkylation sites (N-methyl/N-ethyl adjacent to an activating group) is 1. The van der Waals surface area contributed by atoms with E-state index in [1.165, 1.54) is 0 Å². The summed E-state index contributed by atoms with van der Waals surface area (Å²) in [6.07, 6.45) is 4.29. The standard InChI is InChI=1S/C11H17N5O/c1-15-3-2-4-16(8-11(15)17)10-7-13-9(5-12)6-14-10/h6-7H,2-5,8,12H2,1H3. The summed E-state index contributed by atoms with van der Waals surface area (Å²) in [5, 5.41) is 0. The molecule has 17 heavy (non-hydrogen) atoms. The van der Waals surface area contributed by atoms with Crippen molar-refractivity contribution < 1.29 is 4.79 Å². The molecule has 1 amide bonds. The van der Waals surface area contributed by atoms with Gasteiger partial charge in [-0.1, -0.05) is 0 Å². The number of carbonyl (C=O) groups excluding carboxylic acids is 1. The molecule has 1 fully saturated rings. The fraction of sp³-hybridized carbons (Fsp3) is 0.545. The van der Waals surface area contributed by atoms with E-state index >= 15 is 0 Å². The molecule has 0 spiro atoms. The van der Waals surface area contributed by atoms with E-state index in [4.69, 9.17) is 5.73 Å². The molecule has 6 heteroatoms. The number of aromatic nitrogens is 2. The Balaban J connectivity index is 2.12. The lowest BCUT2D eigenvalue weighted by molar-refractivity contribution is -0.127. The zero-order valence-corrected chi connectivity index (χ0v) is 9.96. The van der Waals surface area contributed by atoms with Crippen LogP contribution in [0.2, 0.25) is 0 Å². The summed E-state index contributed by atoms with van der Waals surface area (Å²) in [7, 11) is 1.83. The third-order valence-electron chi connectivity index (χ3n) is 2.90. The lowest BCUT2D eigenvalue weighted by Crippen LogP contribution is -2.34. The maximum Gasteiger partial charge on any atom is 0.241 e. The van der Waals surface area contributed by atoms with E-state index in [0.29, 0.717) is 13.1 Å². The molecule has 2 rings (SSSR count). The number of nitrogens with two attached hydrogens (primary N) is 1. The monoisotopic (exact) mass is 235 g/mol. The molecule has 1 saturated heterocycles. The van der Waals surface area contributed by atoms with Crippen LogP contribution in [0.3, 0.4) is 0 Å². The van der Waals surface area contributed by atoms with E-state index in [1.807, 2.05) is 11.9 Å². The van der Waals surface area contributed by atoms with Crippen molar-refractivity contribution in [1.29, 1.82) is 0 Å². The van der Waals surface area contributed by atoms with Gasteiger partial charge in [0, 0.05) is 26.7 Å². The summed E-state index contributed by atoms with van der Waals surface area (Å²) in [6, 6.07) is 0. The van der Waals surface area contributed by atoms with Gasteiger partial charge >= 0.3 is 0 Å². The molecule has 0 atom stereocenters. The Morgan fingerprint density at radius 2 is 2.18 bits per heavy atom. The minimum Gasteiger partial charge on any atom is -0.346 e. The first-order valence-electron chi connectivity index (χ1n) is 5.70. The number of amides is 1. The molecule has 1 aliphatic rings. The summed E-state index contributed by atoms with van der Waals surface area (Å²) in [5.41, 5.74) is 6.22. The van der Waals surface area contributed by atoms with Crippen LogP contribution in [0.5, 0.6) is 0 Å². The zero-order chi connectivity index (χ0) is 12.3. The Labute approximate surface area is 100 Å². The van der Waals surface area contributed by atoms with Gasteiger partial charge in [0.1, 0.15) is 5.82 Å². The summed E-state index contributed by atoms with van der Waals surface area (Å²) in [5.74, 6) is 0.859. The lowest BCUT2D eigenvalue weighted by Gasteiger charge is -2.20. The fourth-order valence-corrected chi connectivity index (χ4v) is 1.80. The highest BCUT2D eigenvalue weighted by molar-refractivity contribution is 5.81. The highest BCUT2D eigenvalue weighted by atomic mass is 16.2. The Morgan fingerprint density at radius 3 is 2.82 bits per heavy atom. The van der Waals surface area contributed by atoms with Crippen LogP contribution in [0, 0.1) is 0 Å². The van der Waals surface area contributed by atoms with Crippen molar-refractivity contribution in [3.8, 4) is 0 Å². The highest BCUT2D eigenvalue weighted by Gasteiger charge is 2.19. The van der Waals surface area contributed by atoms with Gasteiger partial charge in [-0.05, 0) is 6.42 Å². The van der Waals surface area contributed by atoms with Crippen molar-refractivity contribution in [1.82, 2.24) is 14.9 Å². The Bertz CT molecular complexity index is 391. The number of hydrogen-bond donors (Lipinski definition) is 1. The molecule has 2 N–H and O–H groups in total. The first kappa shape index (κ1) is 11.8. The average molecular weight is 235 g/mol. The van der Waals surface area contributed by atoms with Crippen LogP contribution in [0.1, 0.15) is 12.1 Å². The number of hydrogen-bond acceptors (Lipinski definition) is 5. The van der Waals surface area contributed by atoms with Crippen molar-refractivity contribution in [3.05, 3.63) is 18.1 Å². The molecule has 0 unspecified atom stereocenters. The van der Waals surface area contributed by atoms with Gasteiger partial charge in [0.05, 0.1) is 24.6 Å². The van der Waals surface area contributed by atoms with Gasteiger partial charge in [-0.2, -0.15) is 0 Å². The molecule has 1 aromatic heterocycles. The SMILES string of the molecule is CN1CCCN(c2cnc(CN)cn2)CC1=O. The molecular formula is C11H17N5O. The molecule has 0 radical (unpaired) electrons. The summed E-state index contributed by atoms with van der Waals surface area (Å²) in [4.78, 5) is 23.9. The summed E-state index contributed by atoms with van der Waals surface area (Å²) < 4.78 is 0. The summed E-state index contributed by atoms with van der Waals surface area (Å²) in [6.45, 7) is 2.37. The van der Waals surface area contributed by atoms with Crippen molar-refractivity contribution in [2.24, 2.45) is 5.73 Å². The van der Waals surface area contributed by atoms with Crippen molar-refractivity contribution >= 4 is 11.7 Å². The number of nitrogens with zero attached hydrogens (tertiary/aromatic N) is 4. The van der Waals surface area contributed by atoms with Gasteiger partial charge in [-0.15, -0.1) is 0 Å². The van der Waals surface area contributed by atoms with Crippen LogP contribution in [-0.2, 0) is 11.3 Å². The Morgan fingerprint density at radius 1 is 1.35 bits per heavy atom. The number of rotatable bonds is 2. The molecule has 2 heterocycles. The van der Waals surface area contributed by atoms with Crippen molar-refractivity contribution in [2.75, 3.05) is 31.6 Å². The van der Waals surface area contributed by atoms with Gasteiger partial charge in [-0.25, -0.2) is 4.98 Å². The highest BCUT2D eigenvalue weighted by Crippen LogP contribution is 2.12. The fourth-order valence-electron chi connectivity index (χ4n) is 1.80. The van der Waals surface area contributed by atoms with Gasteiger partial charge in [0.2, 0.25) is 5.91 Å². The largest absolute Gasteiger partial charge is 0.346 e. The topological polar surface area (TPSA) is 75.3 Å². The van der Waals surface area contributed by atoms with Gasteiger partial charge in [0.25, 0.3) is 0 Å². The van der Waals surface area contributed by atoms with Crippen molar-refractivity contribution in [2.45, 2.75) is 13.0 Å². The van der Waals surface area contributed by atoms with E-state index in [1.54, 1.807) is 17.3 Å². The molecule has 0 bridgehead atoms. The smallest absolute Gasteiger partial charge is 0.241 e.